The fourth-order valence-corrected chi connectivity index (χ4v) is 3.54. The topological polar surface area (TPSA) is 12.0 Å². The van der Waals surface area contributed by atoms with Crippen molar-refractivity contribution < 1.29 is 0 Å². The van der Waals surface area contributed by atoms with Crippen molar-refractivity contribution in [1.29, 1.82) is 0 Å². The first-order valence-corrected chi connectivity index (χ1v) is 8.27. The Kier molecular flexibility index (Phi) is 5.26. The summed E-state index contributed by atoms with van der Waals surface area (Å²) in [5.74, 6) is 1.56. The number of likely N-dealkylation sites (N-methyl/N-ethyl adjacent to an activating group) is 1. The first-order valence-electron chi connectivity index (χ1n) is 8.27. The largest absolute Gasteiger partial charge is 0.319 e. The number of hydrogen-bond acceptors (Lipinski definition) is 1. The van der Waals surface area contributed by atoms with Gasteiger partial charge in [0, 0.05) is 6.54 Å². The van der Waals surface area contributed by atoms with Gasteiger partial charge in [0.1, 0.15) is 0 Å². The van der Waals surface area contributed by atoms with E-state index in [2.05, 4.69) is 57.4 Å². The molecule has 0 saturated heterocycles. The Labute approximate surface area is 125 Å². The molecular formula is C19H31N. The normalized spacial score (nSPS) is 19.0. The molecule has 2 rings (SSSR count). The summed E-state index contributed by atoms with van der Waals surface area (Å²) in [6.07, 6.45) is 7.10. The molecule has 0 radical (unpaired) electrons. The summed E-state index contributed by atoms with van der Waals surface area (Å²) in [4.78, 5) is 0. The van der Waals surface area contributed by atoms with E-state index in [1.165, 1.54) is 43.2 Å². The maximum absolute atomic E-state index is 3.41. The summed E-state index contributed by atoms with van der Waals surface area (Å²) in [7, 11) is 2.08. The van der Waals surface area contributed by atoms with E-state index in [0.717, 1.165) is 12.5 Å². The summed E-state index contributed by atoms with van der Waals surface area (Å²) in [6.45, 7) is 7.97. The zero-order valence-corrected chi connectivity index (χ0v) is 13.7. The fraction of sp³-hybridized carbons (Fsp3) is 0.684. The van der Waals surface area contributed by atoms with E-state index >= 15 is 0 Å². The third-order valence-electron chi connectivity index (χ3n) is 4.85. The van der Waals surface area contributed by atoms with Crippen LogP contribution in [-0.4, -0.2) is 13.6 Å². The van der Waals surface area contributed by atoms with Crippen molar-refractivity contribution in [1.82, 2.24) is 5.32 Å². The molecule has 0 heterocycles. The standard InChI is InChI=1S/C19H31N/c1-19(2,3)17-12-10-16(11-13-17)18(14-20-4)15-8-6-5-7-9-15/h10-13,15,18,20H,5-9,14H2,1-4H3. The first-order chi connectivity index (χ1) is 9.52. The lowest BCUT2D eigenvalue weighted by molar-refractivity contribution is 0.300. The smallest absolute Gasteiger partial charge is 0.00198 e. The van der Waals surface area contributed by atoms with E-state index in [0.29, 0.717) is 5.92 Å². The molecule has 1 aliphatic rings. The van der Waals surface area contributed by atoms with Crippen molar-refractivity contribution >= 4 is 0 Å². The van der Waals surface area contributed by atoms with E-state index in [1.54, 1.807) is 0 Å². The number of rotatable bonds is 4. The van der Waals surface area contributed by atoms with Crippen molar-refractivity contribution in [2.45, 2.75) is 64.2 Å². The Bertz CT molecular complexity index is 393. The lowest BCUT2D eigenvalue weighted by Gasteiger charge is -2.31. The van der Waals surface area contributed by atoms with Crippen molar-refractivity contribution in [3.05, 3.63) is 35.4 Å². The molecule has 1 nitrogen and oxygen atoms in total. The molecule has 1 fully saturated rings. The maximum Gasteiger partial charge on any atom is 0.00198 e. The van der Waals surface area contributed by atoms with E-state index < -0.39 is 0 Å². The van der Waals surface area contributed by atoms with Crippen LogP contribution < -0.4 is 5.32 Å². The quantitative estimate of drug-likeness (QED) is 0.825. The Morgan fingerprint density at radius 2 is 1.65 bits per heavy atom. The number of benzene rings is 1. The minimum absolute atomic E-state index is 0.252. The van der Waals surface area contributed by atoms with Crippen molar-refractivity contribution in [2.24, 2.45) is 5.92 Å². The molecule has 1 aromatic carbocycles. The highest BCUT2D eigenvalue weighted by Gasteiger charge is 2.25. The van der Waals surface area contributed by atoms with Crippen LogP contribution in [0.3, 0.4) is 0 Å². The minimum atomic E-state index is 0.252. The predicted molar refractivity (Wildman–Crippen MR) is 88.4 cm³/mol. The molecule has 1 aromatic rings. The molecular weight excluding hydrogens is 242 g/mol. The van der Waals surface area contributed by atoms with Gasteiger partial charge < -0.3 is 5.32 Å². The zero-order chi connectivity index (χ0) is 14.6. The van der Waals surface area contributed by atoms with Gasteiger partial charge in [-0.05, 0) is 48.3 Å². The van der Waals surface area contributed by atoms with Gasteiger partial charge in [0.2, 0.25) is 0 Å². The van der Waals surface area contributed by atoms with Gasteiger partial charge >= 0.3 is 0 Å². The fourth-order valence-electron chi connectivity index (χ4n) is 3.54. The summed E-state index contributed by atoms with van der Waals surface area (Å²) < 4.78 is 0. The van der Waals surface area contributed by atoms with E-state index in [-0.39, 0.29) is 5.41 Å². The second-order valence-electron chi connectivity index (χ2n) is 7.43. The summed E-state index contributed by atoms with van der Waals surface area (Å²) >= 11 is 0. The molecule has 1 aliphatic carbocycles. The van der Waals surface area contributed by atoms with Gasteiger partial charge in [-0.2, -0.15) is 0 Å². The molecule has 0 amide bonds. The first kappa shape index (κ1) is 15.6. The number of nitrogens with one attached hydrogen (secondary N) is 1. The van der Waals surface area contributed by atoms with E-state index in [1.807, 2.05) is 0 Å². The molecule has 112 valence electrons. The Morgan fingerprint density at radius 3 is 2.15 bits per heavy atom. The lowest BCUT2D eigenvalue weighted by atomic mass is 9.76. The van der Waals surface area contributed by atoms with Crippen LogP contribution >= 0.6 is 0 Å². The van der Waals surface area contributed by atoms with Gasteiger partial charge in [-0.15, -0.1) is 0 Å². The monoisotopic (exact) mass is 273 g/mol. The van der Waals surface area contributed by atoms with Crippen LogP contribution in [0.25, 0.3) is 0 Å². The third-order valence-corrected chi connectivity index (χ3v) is 4.85. The van der Waals surface area contributed by atoms with Crippen LogP contribution in [0, 0.1) is 5.92 Å². The second kappa shape index (κ2) is 6.76. The predicted octanol–water partition coefficient (Wildman–Crippen LogP) is 4.87. The molecule has 1 unspecified atom stereocenters. The average Bonchev–Trinajstić information content (AvgIpc) is 2.45. The second-order valence-corrected chi connectivity index (χ2v) is 7.43. The van der Waals surface area contributed by atoms with Crippen LogP contribution in [0.4, 0.5) is 0 Å². The molecule has 1 heteroatoms. The lowest BCUT2D eigenvalue weighted by Crippen LogP contribution is -2.26. The summed E-state index contributed by atoms with van der Waals surface area (Å²) in [6, 6.07) is 9.41. The minimum Gasteiger partial charge on any atom is -0.319 e. The van der Waals surface area contributed by atoms with Crippen LogP contribution in [0.1, 0.15) is 69.9 Å². The van der Waals surface area contributed by atoms with Crippen molar-refractivity contribution in [3.63, 3.8) is 0 Å². The van der Waals surface area contributed by atoms with Gasteiger partial charge in [-0.3, -0.25) is 0 Å². The molecule has 0 bridgehead atoms. The summed E-state index contributed by atoms with van der Waals surface area (Å²) in [5, 5.41) is 3.41. The molecule has 1 atom stereocenters. The highest BCUT2D eigenvalue weighted by Crippen LogP contribution is 2.36. The van der Waals surface area contributed by atoms with Gasteiger partial charge in [0.05, 0.1) is 0 Å². The highest BCUT2D eigenvalue weighted by molar-refractivity contribution is 5.30. The Balaban J connectivity index is 2.16. The maximum atomic E-state index is 3.41. The molecule has 1 N–H and O–H groups in total. The van der Waals surface area contributed by atoms with Crippen LogP contribution in [-0.2, 0) is 5.41 Å². The van der Waals surface area contributed by atoms with Gasteiger partial charge in [-0.25, -0.2) is 0 Å². The third kappa shape index (κ3) is 3.85. The van der Waals surface area contributed by atoms with E-state index in [9.17, 15) is 0 Å². The SMILES string of the molecule is CNCC(c1ccc(C(C)(C)C)cc1)C1CCCCC1. The Morgan fingerprint density at radius 1 is 1.05 bits per heavy atom. The van der Waals surface area contributed by atoms with Crippen molar-refractivity contribution in [3.8, 4) is 0 Å². The highest BCUT2D eigenvalue weighted by atomic mass is 14.8. The van der Waals surface area contributed by atoms with Gasteiger partial charge in [-0.1, -0.05) is 64.3 Å². The molecule has 0 aromatic heterocycles. The molecule has 0 aliphatic heterocycles. The van der Waals surface area contributed by atoms with Gasteiger partial charge in [0.25, 0.3) is 0 Å². The van der Waals surface area contributed by atoms with Crippen LogP contribution in [0.15, 0.2) is 24.3 Å². The van der Waals surface area contributed by atoms with E-state index in [4.69, 9.17) is 0 Å². The summed E-state index contributed by atoms with van der Waals surface area (Å²) in [5.41, 5.74) is 3.22. The van der Waals surface area contributed by atoms with Crippen LogP contribution in [0.5, 0.6) is 0 Å². The van der Waals surface area contributed by atoms with Crippen molar-refractivity contribution in [2.75, 3.05) is 13.6 Å². The molecule has 1 saturated carbocycles. The Hall–Kier alpha value is -0.820. The van der Waals surface area contributed by atoms with Crippen LogP contribution in [0.2, 0.25) is 0 Å². The molecule has 20 heavy (non-hydrogen) atoms. The molecule has 0 spiro atoms. The zero-order valence-electron chi connectivity index (χ0n) is 13.7. The average molecular weight is 273 g/mol. The number of hydrogen-bond donors (Lipinski definition) is 1. The van der Waals surface area contributed by atoms with Gasteiger partial charge in [0.15, 0.2) is 0 Å².